The molecule has 2 aliphatic rings. The molecule has 0 atom stereocenters. The molecular formula is C21H38O2. The average Bonchev–Trinajstić information content (AvgIpc) is 2.59. The Hall–Kier alpha value is -0.500. The van der Waals surface area contributed by atoms with E-state index in [1.807, 2.05) is 13.4 Å². The zero-order valence-corrected chi connectivity index (χ0v) is 15.5. The predicted molar refractivity (Wildman–Crippen MR) is 97.4 cm³/mol. The van der Waals surface area contributed by atoms with Crippen molar-refractivity contribution in [2.24, 2.45) is 23.7 Å². The molecule has 0 amide bonds. The van der Waals surface area contributed by atoms with Gasteiger partial charge in [-0.1, -0.05) is 51.5 Å². The van der Waals surface area contributed by atoms with Gasteiger partial charge in [0.1, 0.15) is 0 Å². The lowest BCUT2D eigenvalue weighted by molar-refractivity contribution is 0.113. The fraction of sp³-hybridized carbons (Fsp3) is 0.905. The van der Waals surface area contributed by atoms with Crippen LogP contribution in [0, 0.1) is 23.7 Å². The van der Waals surface area contributed by atoms with Gasteiger partial charge in [-0.3, -0.25) is 0 Å². The fourth-order valence-corrected chi connectivity index (χ4v) is 4.44. The second-order valence-electron chi connectivity index (χ2n) is 7.92. The van der Waals surface area contributed by atoms with Crippen LogP contribution >= 0.6 is 0 Å². The van der Waals surface area contributed by atoms with E-state index in [-0.39, 0.29) is 0 Å². The molecule has 0 aromatic carbocycles. The molecule has 2 rings (SSSR count). The zero-order chi connectivity index (χ0) is 16.3. The number of rotatable bonds is 9. The van der Waals surface area contributed by atoms with Gasteiger partial charge in [-0.05, 0) is 55.8 Å². The van der Waals surface area contributed by atoms with Crippen LogP contribution in [-0.2, 0) is 9.47 Å². The van der Waals surface area contributed by atoms with E-state index in [0.717, 1.165) is 43.3 Å². The highest BCUT2D eigenvalue weighted by atomic mass is 16.5. The predicted octanol–water partition coefficient (Wildman–Crippen LogP) is 5.97. The molecule has 2 nitrogen and oxygen atoms in total. The van der Waals surface area contributed by atoms with E-state index in [0.29, 0.717) is 0 Å². The molecule has 0 spiro atoms. The second-order valence-corrected chi connectivity index (χ2v) is 7.92. The molecule has 2 aliphatic carbocycles. The van der Waals surface area contributed by atoms with Crippen molar-refractivity contribution in [2.45, 2.75) is 77.6 Å². The van der Waals surface area contributed by atoms with Crippen molar-refractivity contribution in [1.29, 1.82) is 0 Å². The summed E-state index contributed by atoms with van der Waals surface area (Å²) in [6.07, 6.45) is 19.3. The lowest BCUT2D eigenvalue weighted by Gasteiger charge is -2.31. The molecule has 0 bridgehead atoms. The van der Waals surface area contributed by atoms with Crippen LogP contribution in [0.15, 0.2) is 12.3 Å². The molecule has 134 valence electrons. The molecule has 0 saturated heterocycles. The SMILES string of the molecule is CC/C=C\OCC1CCC(CCC2CCC(COC)CC2)CC1. The maximum atomic E-state index is 5.64. The minimum Gasteiger partial charge on any atom is -0.501 e. The van der Waals surface area contributed by atoms with Gasteiger partial charge in [0, 0.05) is 13.7 Å². The van der Waals surface area contributed by atoms with E-state index >= 15 is 0 Å². The van der Waals surface area contributed by atoms with Crippen LogP contribution in [0.5, 0.6) is 0 Å². The van der Waals surface area contributed by atoms with Crippen molar-refractivity contribution in [2.75, 3.05) is 20.3 Å². The van der Waals surface area contributed by atoms with Gasteiger partial charge in [-0.15, -0.1) is 0 Å². The third-order valence-corrected chi connectivity index (χ3v) is 6.08. The molecule has 0 N–H and O–H groups in total. The van der Waals surface area contributed by atoms with Crippen molar-refractivity contribution in [3.63, 3.8) is 0 Å². The summed E-state index contributed by atoms with van der Waals surface area (Å²) >= 11 is 0. The first-order chi connectivity index (χ1) is 11.3. The summed E-state index contributed by atoms with van der Waals surface area (Å²) in [5, 5.41) is 0. The third-order valence-electron chi connectivity index (χ3n) is 6.08. The molecule has 23 heavy (non-hydrogen) atoms. The van der Waals surface area contributed by atoms with E-state index in [1.54, 1.807) is 0 Å². The molecule has 2 saturated carbocycles. The van der Waals surface area contributed by atoms with Gasteiger partial charge in [-0.2, -0.15) is 0 Å². The van der Waals surface area contributed by atoms with Crippen LogP contribution in [0.4, 0.5) is 0 Å². The van der Waals surface area contributed by atoms with Crippen molar-refractivity contribution >= 4 is 0 Å². The van der Waals surface area contributed by atoms with Crippen molar-refractivity contribution in [3.8, 4) is 0 Å². The second kappa shape index (κ2) is 11.1. The zero-order valence-electron chi connectivity index (χ0n) is 15.5. The maximum Gasteiger partial charge on any atom is 0.0901 e. The highest BCUT2D eigenvalue weighted by Gasteiger charge is 2.24. The molecule has 0 unspecified atom stereocenters. The molecule has 2 heteroatoms. The van der Waals surface area contributed by atoms with Gasteiger partial charge in [0.25, 0.3) is 0 Å². The summed E-state index contributed by atoms with van der Waals surface area (Å²) in [7, 11) is 1.84. The Labute approximate surface area is 144 Å². The summed E-state index contributed by atoms with van der Waals surface area (Å²) in [4.78, 5) is 0. The minimum absolute atomic E-state index is 0.803. The number of hydrogen-bond donors (Lipinski definition) is 0. The minimum atomic E-state index is 0.803. The summed E-state index contributed by atoms with van der Waals surface area (Å²) in [6, 6.07) is 0. The van der Waals surface area contributed by atoms with Gasteiger partial charge in [0.2, 0.25) is 0 Å². The van der Waals surface area contributed by atoms with Crippen molar-refractivity contribution in [3.05, 3.63) is 12.3 Å². The van der Waals surface area contributed by atoms with Gasteiger partial charge in [0.05, 0.1) is 12.9 Å². The van der Waals surface area contributed by atoms with Crippen LogP contribution < -0.4 is 0 Å². The first-order valence-electron chi connectivity index (χ1n) is 10.1. The Balaban J connectivity index is 1.52. The van der Waals surface area contributed by atoms with Crippen LogP contribution in [-0.4, -0.2) is 20.3 Å². The largest absolute Gasteiger partial charge is 0.501 e. The summed E-state index contributed by atoms with van der Waals surface area (Å²) in [5.74, 6) is 3.64. The molecule has 0 radical (unpaired) electrons. The van der Waals surface area contributed by atoms with Crippen LogP contribution in [0.3, 0.4) is 0 Å². The Kier molecular flexibility index (Phi) is 9.11. The Morgan fingerprint density at radius 1 is 0.739 bits per heavy atom. The van der Waals surface area contributed by atoms with E-state index in [2.05, 4.69) is 13.0 Å². The van der Waals surface area contributed by atoms with Crippen LogP contribution in [0.1, 0.15) is 77.6 Å². The molecular weight excluding hydrogens is 284 g/mol. The van der Waals surface area contributed by atoms with E-state index in [4.69, 9.17) is 9.47 Å². The standard InChI is InChI=1S/C21H38O2/c1-3-4-15-23-17-21-13-9-19(10-14-21)6-5-18-7-11-20(12-8-18)16-22-2/h4,15,18-21H,3,5-14,16-17H2,1-2H3/b15-4-. The van der Waals surface area contributed by atoms with E-state index in [9.17, 15) is 0 Å². The molecule has 0 aromatic heterocycles. The van der Waals surface area contributed by atoms with Gasteiger partial charge >= 0.3 is 0 Å². The van der Waals surface area contributed by atoms with E-state index < -0.39 is 0 Å². The number of ether oxygens (including phenoxy) is 2. The summed E-state index contributed by atoms with van der Waals surface area (Å²) in [6.45, 7) is 4.06. The van der Waals surface area contributed by atoms with Crippen LogP contribution in [0.25, 0.3) is 0 Å². The first-order valence-corrected chi connectivity index (χ1v) is 10.1. The lowest BCUT2D eigenvalue weighted by Crippen LogP contribution is -2.21. The monoisotopic (exact) mass is 322 g/mol. The fourth-order valence-electron chi connectivity index (χ4n) is 4.44. The highest BCUT2D eigenvalue weighted by Crippen LogP contribution is 2.36. The van der Waals surface area contributed by atoms with Gasteiger partial charge < -0.3 is 9.47 Å². The molecule has 0 heterocycles. The van der Waals surface area contributed by atoms with E-state index in [1.165, 1.54) is 64.2 Å². The quantitative estimate of drug-likeness (QED) is 0.487. The first kappa shape index (κ1) is 18.8. The number of hydrogen-bond acceptors (Lipinski definition) is 2. The lowest BCUT2D eigenvalue weighted by atomic mass is 9.76. The number of allylic oxidation sites excluding steroid dienone is 1. The van der Waals surface area contributed by atoms with Gasteiger partial charge in [0.15, 0.2) is 0 Å². The third kappa shape index (κ3) is 7.28. The van der Waals surface area contributed by atoms with Crippen molar-refractivity contribution < 1.29 is 9.47 Å². The van der Waals surface area contributed by atoms with Crippen molar-refractivity contribution in [1.82, 2.24) is 0 Å². The topological polar surface area (TPSA) is 18.5 Å². The maximum absolute atomic E-state index is 5.64. The smallest absolute Gasteiger partial charge is 0.0901 e. The van der Waals surface area contributed by atoms with Gasteiger partial charge in [-0.25, -0.2) is 0 Å². The molecule has 0 aromatic rings. The Morgan fingerprint density at radius 3 is 1.70 bits per heavy atom. The highest BCUT2D eigenvalue weighted by molar-refractivity contribution is 4.77. The normalized spacial score (nSPS) is 32.3. The Morgan fingerprint density at radius 2 is 1.22 bits per heavy atom. The number of methoxy groups -OCH3 is 1. The summed E-state index contributed by atoms with van der Waals surface area (Å²) in [5.41, 5.74) is 0. The molecule has 0 aliphatic heterocycles. The summed E-state index contributed by atoms with van der Waals surface area (Å²) < 4.78 is 11.0. The average molecular weight is 323 g/mol. The Bertz CT molecular complexity index is 310. The van der Waals surface area contributed by atoms with Crippen LogP contribution in [0.2, 0.25) is 0 Å². The molecule has 2 fully saturated rings.